The second-order valence-electron chi connectivity index (χ2n) is 15.7. The zero-order chi connectivity index (χ0) is 37.2. The average Bonchev–Trinajstić information content (AvgIpc) is 3.06. The van der Waals surface area contributed by atoms with E-state index in [1.165, 1.54) is 128 Å². The van der Waals surface area contributed by atoms with E-state index in [2.05, 4.69) is 19.2 Å². The lowest BCUT2D eigenvalue weighted by molar-refractivity contribution is -0.870. The van der Waals surface area contributed by atoms with Crippen LogP contribution in [0.4, 0.5) is 0 Å². The Bertz CT molecular complexity index is 834. The zero-order valence-corrected chi connectivity index (χ0v) is 34.5. The first-order valence-electron chi connectivity index (χ1n) is 21.1. The van der Waals surface area contributed by atoms with Gasteiger partial charge in [0.05, 0.1) is 39.9 Å². The van der Waals surface area contributed by atoms with Gasteiger partial charge in [0, 0.05) is 6.42 Å². The number of carbonyl (C=O) groups is 1. The predicted octanol–water partition coefficient (Wildman–Crippen LogP) is 10.6. The smallest absolute Gasteiger partial charge is 0.268 e. The highest BCUT2D eigenvalue weighted by Gasteiger charge is 2.23. The van der Waals surface area contributed by atoms with E-state index in [0.29, 0.717) is 17.4 Å². The molecule has 0 aromatic carbocycles. The molecule has 0 aromatic rings. The first kappa shape index (κ1) is 49.2. The highest BCUT2D eigenvalue weighted by molar-refractivity contribution is 7.45. The van der Waals surface area contributed by atoms with Gasteiger partial charge >= 0.3 is 0 Å². The van der Waals surface area contributed by atoms with Crippen LogP contribution in [-0.2, 0) is 18.4 Å². The number of hydrogen-bond donors (Lipinski definition) is 2. The minimum atomic E-state index is -4.57. The van der Waals surface area contributed by atoms with Crippen LogP contribution >= 0.6 is 7.82 Å². The van der Waals surface area contributed by atoms with Gasteiger partial charge in [-0.05, 0) is 19.3 Å². The van der Waals surface area contributed by atoms with Gasteiger partial charge in [-0.3, -0.25) is 9.36 Å². The summed E-state index contributed by atoms with van der Waals surface area (Å²) in [6.07, 6.45) is 37.2. The Morgan fingerprint density at radius 1 is 0.680 bits per heavy atom. The average molecular weight is 731 g/mol. The number of rotatable bonds is 38. The molecule has 298 valence electrons. The molecule has 0 fully saturated rings. The normalized spacial score (nSPS) is 14.6. The molecule has 0 aliphatic carbocycles. The molecule has 1 amide bonds. The third kappa shape index (κ3) is 35.6. The number of phosphoric ester groups is 1. The number of nitrogens with one attached hydrogen (secondary N) is 1. The molecule has 0 saturated carbocycles. The van der Waals surface area contributed by atoms with Crippen molar-refractivity contribution in [2.45, 2.75) is 206 Å². The van der Waals surface area contributed by atoms with Crippen molar-refractivity contribution in [2.75, 3.05) is 40.9 Å². The highest BCUT2D eigenvalue weighted by Crippen LogP contribution is 2.38. The molecule has 2 N–H and O–H groups in total. The quantitative estimate of drug-likeness (QED) is 0.0283. The van der Waals surface area contributed by atoms with Gasteiger partial charge in [-0.2, -0.15) is 0 Å². The maximum absolute atomic E-state index is 12.7. The molecule has 0 saturated heterocycles. The Hall–Kier alpha value is -0.760. The number of unbranched alkanes of at least 4 members (excludes halogenated alkanes) is 25. The number of amides is 1. The van der Waals surface area contributed by atoms with Crippen molar-refractivity contribution in [2.24, 2.45) is 0 Å². The van der Waals surface area contributed by atoms with Crippen molar-refractivity contribution in [1.82, 2.24) is 5.32 Å². The summed E-state index contributed by atoms with van der Waals surface area (Å²) >= 11 is 0. The second kappa shape index (κ2) is 34.0. The first-order chi connectivity index (χ1) is 24.0. The minimum absolute atomic E-state index is 0.00102. The van der Waals surface area contributed by atoms with E-state index in [1.54, 1.807) is 6.08 Å². The molecule has 0 aliphatic rings. The molecular weight excluding hydrogens is 647 g/mol. The van der Waals surface area contributed by atoms with E-state index in [4.69, 9.17) is 9.05 Å². The summed E-state index contributed by atoms with van der Waals surface area (Å²) in [6, 6.07) is -0.876. The SMILES string of the molecule is CCCCCC/C=C/C(O)C(COP(=O)([O-])OCC[N+](C)(C)C)NC(=O)CCCCCCCCCCCCCCCCCCCCCCCC. The van der Waals surface area contributed by atoms with Gasteiger partial charge < -0.3 is 28.8 Å². The number of phosphoric acid groups is 1. The number of carbonyl (C=O) groups excluding carboxylic acids is 1. The lowest BCUT2D eigenvalue weighted by Crippen LogP contribution is -2.45. The Morgan fingerprint density at radius 3 is 1.50 bits per heavy atom. The van der Waals surface area contributed by atoms with Crippen LogP contribution in [0.25, 0.3) is 0 Å². The maximum atomic E-state index is 12.7. The standard InChI is InChI=1S/C41H83N2O6P/c1-6-8-10-12-14-15-16-17-18-19-20-21-22-23-24-25-26-27-28-29-31-33-35-41(45)42-39(40(44)34-32-30-13-11-9-7-2)38-49-50(46,47)48-37-36-43(3,4)5/h32,34,39-40,44H,6-31,33,35-38H2,1-5H3,(H-,42,45,46,47)/b34-32+. The van der Waals surface area contributed by atoms with Crippen molar-refractivity contribution in [3.05, 3.63) is 12.2 Å². The predicted molar refractivity (Wildman–Crippen MR) is 210 cm³/mol. The maximum Gasteiger partial charge on any atom is 0.268 e. The summed E-state index contributed by atoms with van der Waals surface area (Å²) in [5.41, 5.74) is 0. The van der Waals surface area contributed by atoms with E-state index in [0.717, 1.165) is 44.9 Å². The number of allylic oxidation sites excluding steroid dienone is 1. The summed E-state index contributed by atoms with van der Waals surface area (Å²) in [5.74, 6) is -0.200. The van der Waals surface area contributed by atoms with Crippen LogP contribution in [0, 0.1) is 0 Å². The number of hydrogen-bond acceptors (Lipinski definition) is 6. The van der Waals surface area contributed by atoms with E-state index < -0.39 is 20.0 Å². The number of aliphatic hydroxyl groups excluding tert-OH is 1. The van der Waals surface area contributed by atoms with Crippen LogP contribution in [-0.4, -0.2) is 68.5 Å². The first-order valence-corrected chi connectivity index (χ1v) is 22.5. The van der Waals surface area contributed by atoms with Crippen LogP contribution in [0.15, 0.2) is 12.2 Å². The molecule has 0 aromatic heterocycles. The number of likely N-dealkylation sites (N-methyl/N-ethyl adjacent to an activating group) is 1. The molecule has 0 rings (SSSR count). The van der Waals surface area contributed by atoms with E-state index in [9.17, 15) is 19.4 Å². The van der Waals surface area contributed by atoms with Crippen LogP contribution in [0.3, 0.4) is 0 Å². The monoisotopic (exact) mass is 731 g/mol. The molecule has 9 heteroatoms. The van der Waals surface area contributed by atoms with Gasteiger partial charge in [-0.15, -0.1) is 0 Å². The van der Waals surface area contributed by atoms with Gasteiger partial charge in [0.15, 0.2) is 0 Å². The third-order valence-electron chi connectivity index (χ3n) is 9.50. The molecule has 8 nitrogen and oxygen atoms in total. The van der Waals surface area contributed by atoms with Crippen molar-refractivity contribution < 1.29 is 32.9 Å². The van der Waals surface area contributed by atoms with E-state index in [-0.39, 0.29) is 19.1 Å². The van der Waals surface area contributed by atoms with Crippen molar-refractivity contribution in [3.8, 4) is 0 Å². The molecule has 3 atom stereocenters. The van der Waals surface area contributed by atoms with Crippen LogP contribution in [0.2, 0.25) is 0 Å². The van der Waals surface area contributed by atoms with E-state index >= 15 is 0 Å². The lowest BCUT2D eigenvalue weighted by atomic mass is 10.0. The van der Waals surface area contributed by atoms with Crippen LogP contribution < -0.4 is 10.2 Å². The summed E-state index contributed by atoms with van der Waals surface area (Å²) in [5, 5.41) is 13.6. The molecule has 0 aliphatic heterocycles. The van der Waals surface area contributed by atoms with Gasteiger partial charge in [-0.25, -0.2) is 0 Å². The lowest BCUT2D eigenvalue weighted by Gasteiger charge is -2.29. The summed E-state index contributed by atoms with van der Waals surface area (Å²) in [7, 11) is 1.26. The molecular formula is C41H83N2O6P. The Morgan fingerprint density at radius 2 is 1.08 bits per heavy atom. The highest BCUT2D eigenvalue weighted by atomic mass is 31.2. The summed E-state index contributed by atoms with van der Waals surface area (Å²) in [6.45, 7) is 4.57. The van der Waals surface area contributed by atoms with Crippen molar-refractivity contribution >= 4 is 13.7 Å². The Labute approximate surface area is 310 Å². The van der Waals surface area contributed by atoms with Gasteiger partial charge in [0.25, 0.3) is 7.82 Å². The molecule has 50 heavy (non-hydrogen) atoms. The van der Waals surface area contributed by atoms with Crippen LogP contribution in [0.1, 0.15) is 194 Å². The van der Waals surface area contributed by atoms with Gasteiger partial charge in [0.1, 0.15) is 13.2 Å². The summed E-state index contributed by atoms with van der Waals surface area (Å²) < 4.78 is 23.0. The van der Waals surface area contributed by atoms with Crippen LogP contribution in [0.5, 0.6) is 0 Å². The third-order valence-corrected chi connectivity index (χ3v) is 10.5. The van der Waals surface area contributed by atoms with Gasteiger partial charge in [-0.1, -0.05) is 180 Å². The number of nitrogens with zero attached hydrogens (tertiary/aromatic N) is 1. The fourth-order valence-corrected chi connectivity index (χ4v) is 6.82. The second-order valence-corrected chi connectivity index (χ2v) is 17.1. The van der Waals surface area contributed by atoms with Gasteiger partial charge in [0.2, 0.25) is 5.91 Å². The fourth-order valence-electron chi connectivity index (χ4n) is 6.09. The zero-order valence-electron chi connectivity index (χ0n) is 33.6. The largest absolute Gasteiger partial charge is 0.756 e. The number of quaternary nitrogens is 1. The molecule has 0 heterocycles. The summed E-state index contributed by atoms with van der Waals surface area (Å²) in [4.78, 5) is 25.1. The molecule has 0 bridgehead atoms. The fraction of sp³-hybridized carbons (Fsp3) is 0.927. The minimum Gasteiger partial charge on any atom is -0.756 e. The Balaban J connectivity index is 4.08. The van der Waals surface area contributed by atoms with Crippen molar-refractivity contribution in [1.29, 1.82) is 0 Å². The molecule has 3 unspecified atom stereocenters. The number of aliphatic hydroxyl groups is 1. The van der Waals surface area contributed by atoms with Crippen molar-refractivity contribution in [3.63, 3.8) is 0 Å². The van der Waals surface area contributed by atoms with E-state index in [1.807, 2.05) is 27.2 Å². The topological polar surface area (TPSA) is 108 Å². The Kier molecular flexibility index (Phi) is 33.5. The molecule has 0 spiro atoms. The molecule has 0 radical (unpaired) electrons.